The van der Waals surface area contributed by atoms with Crippen LogP contribution in [0.15, 0.2) is 36.4 Å². The van der Waals surface area contributed by atoms with Crippen LogP contribution in [0.2, 0.25) is 0 Å². The van der Waals surface area contributed by atoms with Crippen LogP contribution < -0.4 is 0 Å². The largest absolute Gasteiger partial charge is 0.463 e. The molecule has 33 heavy (non-hydrogen) atoms. The van der Waals surface area contributed by atoms with Crippen LogP contribution in [-0.4, -0.2) is 67.8 Å². The van der Waals surface area contributed by atoms with Gasteiger partial charge in [-0.3, -0.25) is 19.2 Å². The predicted molar refractivity (Wildman–Crippen MR) is 113 cm³/mol. The maximum Gasteiger partial charge on any atom is 0.303 e. The molecule has 180 valence electrons. The van der Waals surface area contributed by atoms with Crippen molar-refractivity contribution in [3.63, 3.8) is 0 Å². The van der Waals surface area contributed by atoms with Crippen LogP contribution in [0.25, 0.3) is 6.08 Å². The third kappa shape index (κ3) is 8.66. The number of benzene rings is 1. The van der Waals surface area contributed by atoms with Crippen LogP contribution in [0, 0.1) is 0 Å². The van der Waals surface area contributed by atoms with Crippen molar-refractivity contribution in [3.8, 4) is 0 Å². The first kappa shape index (κ1) is 26.0. The maximum atomic E-state index is 11.8. The molecule has 10 nitrogen and oxygen atoms in total. The first-order valence-corrected chi connectivity index (χ1v) is 10.3. The topological polar surface area (TPSA) is 124 Å². The molecule has 1 saturated heterocycles. The lowest BCUT2D eigenvalue weighted by molar-refractivity contribution is -0.305. The number of ether oxygens (including phenoxy) is 6. The van der Waals surface area contributed by atoms with Crippen LogP contribution in [-0.2, 0) is 47.6 Å². The second-order valence-electron chi connectivity index (χ2n) is 7.21. The lowest BCUT2D eigenvalue weighted by atomic mass is 9.98. The van der Waals surface area contributed by atoms with Gasteiger partial charge in [0, 0.05) is 27.7 Å². The summed E-state index contributed by atoms with van der Waals surface area (Å²) in [6, 6.07) is 9.49. The third-order valence-electron chi connectivity index (χ3n) is 4.41. The molecule has 1 aromatic rings. The van der Waals surface area contributed by atoms with E-state index in [-0.39, 0.29) is 13.2 Å². The Balaban J connectivity index is 2.28. The fourth-order valence-electron chi connectivity index (χ4n) is 3.22. The molecule has 1 aromatic carbocycles. The molecule has 0 N–H and O–H groups in total. The molecular formula is C23H28O10. The summed E-state index contributed by atoms with van der Waals surface area (Å²) in [4.78, 5) is 46.6. The van der Waals surface area contributed by atoms with Gasteiger partial charge in [-0.05, 0) is 5.56 Å². The average Bonchev–Trinajstić information content (AvgIpc) is 2.73. The zero-order valence-electron chi connectivity index (χ0n) is 18.9. The van der Waals surface area contributed by atoms with E-state index in [9.17, 15) is 19.2 Å². The molecule has 0 aliphatic carbocycles. The van der Waals surface area contributed by atoms with E-state index in [1.807, 2.05) is 36.4 Å². The van der Waals surface area contributed by atoms with Crippen LogP contribution in [0.1, 0.15) is 33.3 Å². The van der Waals surface area contributed by atoms with Gasteiger partial charge in [0.15, 0.2) is 24.6 Å². The van der Waals surface area contributed by atoms with Crippen LogP contribution in [0.3, 0.4) is 0 Å². The molecular weight excluding hydrogens is 436 g/mol. The maximum absolute atomic E-state index is 11.8. The minimum absolute atomic E-state index is 0.0582. The van der Waals surface area contributed by atoms with E-state index in [1.165, 1.54) is 13.8 Å². The molecule has 10 heteroatoms. The first-order valence-electron chi connectivity index (χ1n) is 10.3. The Kier molecular flexibility index (Phi) is 10.0. The molecule has 0 saturated carbocycles. The average molecular weight is 464 g/mol. The quantitative estimate of drug-likeness (QED) is 0.395. The van der Waals surface area contributed by atoms with Crippen molar-refractivity contribution in [1.82, 2.24) is 0 Å². The Morgan fingerprint density at radius 2 is 1.39 bits per heavy atom. The summed E-state index contributed by atoms with van der Waals surface area (Å²) in [6.45, 7) is 4.44. The lowest BCUT2D eigenvalue weighted by Crippen LogP contribution is -2.62. The molecule has 1 aliphatic rings. The van der Waals surface area contributed by atoms with Gasteiger partial charge in [0.1, 0.15) is 12.7 Å². The normalized spacial score (nSPS) is 24.7. The van der Waals surface area contributed by atoms with Crippen molar-refractivity contribution in [2.75, 3.05) is 13.2 Å². The molecule has 0 radical (unpaired) electrons. The van der Waals surface area contributed by atoms with E-state index < -0.39 is 54.6 Å². The number of hydrogen-bond donors (Lipinski definition) is 0. The summed E-state index contributed by atoms with van der Waals surface area (Å²) in [5.74, 6) is -2.67. The molecule has 0 unspecified atom stereocenters. The van der Waals surface area contributed by atoms with Gasteiger partial charge < -0.3 is 28.4 Å². The molecule has 5 atom stereocenters. The number of hydrogen-bond acceptors (Lipinski definition) is 10. The standard InChI is InChI=1S/C23H28O10/c1-14(24)29-13-19-20(30-15(2)25)21(31-16(3)26)22(32-17(4)27)23(33-19)28-12-8-11-18-9-6-5-7-10-18/h5-11,19-23H,12-13H2,1-4H3/t19-,20-,21+,22+,23+/m1/s1. The van der Waals surface area contributed by atoms with Crippen LogP contribution in [0.5, 0.6) is 0 Å². The van der Waals surface area contributed by atoms with Crippen LogP contribution in [0.4, 0.5) is 0 Å². The molecule has 1 fully saturated rings. The number of carbonyl (C=O) groups excluding carboxylic acids is 4. The van der Waals surface area contributed by atoms with Gasteiger partial charge in [0.25, 0.3) is 0 Å². The van der Waals surface area contributed by atoms with Crippen molar-refractivity contribution < 1.29 is 47.6 Å². The van der Waals surface area contributed by atoms with Gasteiger partial charge in [0.05, 0.1) is 6.61 Å². The number of esters is 4. The summed E-state index contributed by atoms with van der Waals surface area (Å²) in [7, 11) is 0. The van der Waals surface area contributed by atoms with Gasteiger partial charge >= 0.3 is 23.9 Å². The Hall–Kier alpha value is -3.24. The summed E-state index contributed by atoms with van der Waals surface area (Å²) < 4.78 is 32.6. The molecule has 0 bridgehead atoms. The highest BCUT2D eigenvalue weighted by atomic mass is 16.7. The zero-order chi connectivity index (χ0) is 24.4. The Morgan fingerprint density at radius 1 is 0.818 bits per heavy atom. The van der Waals surface area contributed by atoms with E-state index in [4.69, 9.17) is 28.4 Å². The Labute approximate surface area is 191 Å². The molecule has 1 aliphatic heterocycles. The third-order valence-corrected chi connectivity index (χ3v) is 4.41. The molecule has 0 amide bonds. The van der Waals surface area contributed by atoms with Gasteiger partial charge in [-0.2, -0.15) is 0 Å². The number of rotatable bonds is 9. The molecule has 0 spiro atoms. The minimum Gasteiger partial charge on any atom is -0.463 e. The second-order valence-corrected chi connectivity index (χ2v) is 7.21. The highest BCUT2D eigenvalue weighted by Crippen LogP contribution is 2.30. The second kappa shape index (κ2) is 12.7. The summed E-state index contributed by atoms with van der Waals surface area (Å²) in [5, 5.41) is 0. The lowest BCUT2D eigenvalue weighted by Gasteiger charge is -2.43. The van der Waals surface area contributed by atoms with Crippen molar-refractivity contribution in [2.24, 2.45) is 0 Å². The summed E-state index contributed by atoms with van der Waals surface area (Å²) >= 11 is 0. The fraction of sp³-hybridized carbons (Fsp3) is 0.478. The molecule has 0 aromatic heterocycles. The summed E-state index contributed by atoms with van der Waals surface area (Å²) in [5.41, 5.74) is 0.947. The van der Waals surface area contributed by atoms with E-state index in [0.717, 1.165) is 19.4 Å². The smallest absolute Gasteiger partial charge is 0.303 e. The van der Waals surface area contributed by atoms with Crippen molar-refractivity contribution in [2.45, 2.75) is 58.4 Å². The van der Waals surface area contributed by atoms with Gasteiger partial charge in [0.2, 0.25) is 0 Å². The van der Waals surface area contributed by atoms with Gasteiger partial charge in [-0.15, -0.1) is 0 Å². The van der Waals surface area contributed by atoms with E-state index in [2.05, 4.69) is 0 Å². The highest BCUT2D eigenvalue weighted by Gasteiger charge is 2.52. The number of carbonyl (C=O) groups is 4. The first-order chi connectivity index (χ1) is 15.7. The van der Waals surface area contributed by atoms with Gasteiger partial charge in [-0.1, -0.05) is 42.5 Å². The Morgan fingerprint density at radius 3 is 1.97 bits per heavy atom. The SMILES string of the molecule is CC(=O)OC[C@H]1O[C@H](OCC=Cc2ccccc2)[C@@H](OC(C)=O)[C@@H](OC(C)=O)[C@@H]1OC(C)=O. The van der Waals surface area contributed by atoms with Crippen molar-refractivity contribution >= 4 is 30.0 Å². The zero-order valence-corrected chi connectivity index (χ0v) is 18.9. The molecule has 1 heterocycles. The highest BCUT2D eigenvalue weighted by molar-refractivity contribution is 5.68. The summed E-state index contributed by atoms with van der Waals surface area (Å²) in [6.07, 6.45) is -2.41. The fourth-order valence-corrected chi connectivity index (χ4v) is 3.22. The van der Waals surface area contributed by atoms with E-state index >= 15 is 0 Å². The van der Waals surface area contributed by atoms with Crippen molar-refractivity contribution in [3.05, 3.63) is 42.0 Å². The van der Waals surface area contributed by atoms with Gasteiger partial charge in [-0.25, -0.2) is 0 Å². The predicted octanol–water partition coefficient (Wildman–Crippen LogP) is 1.80. The van der Waals surface area contributed by atoms with E-state index in [0.29, 0.717) is 0 Å². The Bertz CT molecular complexity index is 850. The van der Waals surface area contributed by atoms with E-state index in [1.54, 1.807) is 6.08 Å². The van der Waals surface area contributed by atoms with Crippen LogP contribution >= 0.6 is 0 Å². The minimum atomic E-state index is -1.26. The molecule has 2 rings (SSSR count). The monoisotopic (exact) mass is 464 g/mol. The van der Waals surface area contributed by atoms with Crippen molar-refractivity contribution in [1.29, 1.82) is 0 Å².